The topological polar surface area (TPSA) is 97.5 Å². The summed E-state index contributed by atoms with van der Waals surface area (Å²) in [5, 5.41) is 2.86. The van der Waals surface area contributed by atoms with Crippen LogP contribution in [0.3, 0.4) is 0 Å². The van der Waals surface area contributed by atoms with Gasteiger partial charge in [0.25, 0.3) is 5.91 Å². The standard InChI is InChI=1S/C18H20N4O3/c1-10-6-4-5-7-13(10)20-17(23)11(2)22-16-14(8-9-15(19)21-16)25-12(3)18(22)24/h4-9,11-12H,1-3H3,(H2,19,21)(H,20,23). The molecule has 1 aromatic carbocycles. The number of nitrogens with two attached hydrogens (primary N) is 1. The van der Waals surface area contributed by atoms with Gasteiger partial charge in [0.1, 0.15) is 11.9 Å². The predicted molar refractivity (Wildman–Crippen MR) is 95.5 cm³/mol. The number of aryl methyl sites for hydroxylation is 1. The highest BCUT2D eigenvalue weighted by Crippen LogP contribution is 2.34. The predicted octanol–water partition coefficient (Wildman–Crippen LogP) is 2.11. The molecule has 1 aliphatic heterocycles. The number of fused-ring (bicyclic) bond motifs is 1. The average molecular weight is 340 g/mol. The molecule has 130 valence electrons. The van der Waals surface area contributed by atoms with Crippen molar-refractivity contribution in [2.45, 2.75) is 32.9 Å². The number of nitrogens with zero attached hydrogens (tertiary/aromatic N) is 2. The van der Waals surface area contributed by atoms with Crippen LogP contribution in [0.1, 0.15) is 19.4 Å². The summed E-state index contributed by atoms with van der Waals surface area (Å²) >= 11 is 0. The smallest absolute Gasteiger partial charge is 0.269 e. The molecule has 1 aliphatic rings. The lowest BCUT2D eigenvalue weighted by molar-refractivity contribution is -0.128. The summed E-state index contributed by atoms with van der Waals surface area (Å²) in [4.78, 5) is 30.8. The molecule has 3 N–H and O–H groups in total. The van der Waals surface area contributed by atoms with E-state index in [0.29, 0.717) is 11.4 Å². The van der Waals surface area contributed by atoms with Crippen LogP contribution in [0.5, 0.6) is 5.75 Å². The Morgan fingerprint density at radius 3 is 2.76 bits per heavy atom. The molecular formula is C18H20N4O3. The second-order valence-electron chi connectivity index (χ2n) is 6.01. The Morgan fingerprint density at radius 1 is 1.32 bits per heavy atom. The van der Waals surface area contributed by atoms with Crippen LogP contribution in [0.15, 0.2) is 36.4 Å². The monoisotopic (exact) mass is 340 g/mol. The molecule has 7 nitrogen and oxygen atoms in total. The number of benzene rings is 1. The van der Waals surface area contributed by atoms with E-state index >= 15 is 0 Å². The number of rotatable bonds is 3. The normalized spacial score (nSPS) is 17.5. The summed E-state index contributed by atoms with van der Waals surface area (Å²) in [5.41, 5.74) is 7.38. The van der Waals surface area contributed by atoms with Crippen molar-refractivity contribution in [2.75, 3.05) is 16.0 Å². The summed E-state index contributed by atoms with van der Waals surface area (Å²) in [6.07, 6.45) is -0.702. The van der Waals surface area contributed by atoms with Crippen molar-refractivity contribution in [3.63, 3.8) is 0 Å². The van der Waals surface area contributed by atoms with Crippen molar-refractivity contribution in [3.05, 3.63) is 42.0 Å². The van der Waals surface area contributed by atoms with Gasteiger partial charge in [-0.15, -0.1) is 0 Å². The number of amides is 2. The van der Waals surface area contributed by atoms with Crippen LogP contribution >= 0.6 is 0 Å². The molecule has 2 heterocycles. The molecule has 0 saturated heterocycles. The zero-order chi connectivity index (χ0) is 18.1. The van der Waals surface area contributed by atoms with E-state index in [2.05, 4.69) is 10.3 Å². The lowest BCUT2D eigenvalue weighted by atomic mass is 10.1. The number of pyridine rings is 1. The van der Waals surface area contributed by atoms with Gasteiger partial charge in [0.05, 0.1) is 0 Å². The molecule has 3 rings (SSSR count). The Balaban J connectivity index is 1.91. The molecule has 0 radical (unpaired) electrons. The Hall–Kier alpha value is -3.09. The number of hydrogen-bond donors (Lipinski definition) is 2. The maximum absolute atomic E-state index is 12.7. The molecule has 0 spiro atoms. The Bertz CT molecular complexity index is 837. The van der Waals surface area contributed by atoms with Gasteiger partial charge in [0.15, 0.2) is 17.7 Å². The average Bonchev–Trinajstić information content (AvgIpc) is 2.58. The lowest BCUT2D eigenvalue weighted by Crippen LogP contribution is -2.53. The first-order valence-corrected chi connectivity index (χ1v) is 8.01. The van der Waals surface area contributed by atoms with Crippen LogP contribution in [0.25, 0.3) is 0 Å². The van der Waals surface area contributed by atoms with Gasteiger partial charge in [-0.2, -0.15) is 0 Å². The SMILES string of the molecule is Cc1ccccc1NC(=O)C(C)N1C(=O)C(C)Oc2ccc(N)nc21. The first-order valence-electron chi connectivity index (χ1n) is 8.01. The fourth-order valence-corrected chi connectivity index (χ4v) is 2.70. The van der Waals surface area contributed by atoms with E-state index in [1.807, 2.05) is 31.2 Å². The number of para-hydroxylation sites is 1. The number of carbonyl (C=O) groups excluding carboxylic acids is 2. The fraction of sp³-hybridized carbons (Fsp3) is 0.278. The molecule has 0 fully saturated rings. The van der Waals surface area contributed by atoms with E-state index in [0.717, 1.165) is 5.56 Å². The summed E-state index contributed by atoms with van der Waals surface area (Å²) in [6, 6.07) is 9.92. The second kappa shape index (κ2) is 6.43. The van der Waals surface area contributed by atoms with Gasteiger partial charge in [-0.25, -0.2) is 4.98 Å². The molecule has 7 heteroatoms. The van der Waals surface area contributed by atoms with Crippen LogP contribution in [0.4, 0.5) is 17.3 Å². The molecule has 1 aromatic heterocycles. The van der Waals surface area contributed by atoms with E-state index in [4.69, 9.17) is 10.5 Å². The van der Waals surface area contributed by atoms with E-state index < -0.39 is 12.1 Å². The summed E-state index contributed by atoms with van der Waals surface area (Å²) < 4.78 is 5.56. The Morgan fingerprint density at radius 2 is 2.04 bits per heavy atom. The van der Waals surface area contributed by atoms with Crippen LogP contribution in [-0.2, 0) is 9.59 Å². The van der Waals surface area contributed by atoms with E-state index in [1.54, 1.807) is 26.0 Å². The molecular weight excluding hydrogens is 320 g/mol. The highest BCUT2D eigenvalue weighted by Gasteiger charge is 2.38. The van der Waals surface area contributed by atoms with Gasteiger partial charge in [0, 0.05) is 5.69 Å². The highest BCUT2D eigenvalue weighted by atomic mass is 16.5. The lowest BCUT2D eigenvalue weighted by Gasteiger charge is -2.35. The van der Waals surface area contributed by atoms with Crippen molar-refractivity contribution in [3.8, 4) is 5.75 Å². The summed E-state index contributed by atoms with van der Waals surface area (Å²) in [5.74, 6) is 0.290. The van der Waals surface area contributed by atoms with Crippen LogP contribution in [-0.4, -0.2) is 28.9 Å². The number of ether oxygens (including phenoxy) is 1. The van der Waals surface area contributed by atoms with Gasteiger partial charge in [-0.1, -0.05) is 18.2 Å². The molecule has 2 aromatic rings. The van der Waals surface area contributed by atoms with Gasteiger partial charge >= 0.3 is 0 Å². The third kappa shape index (κ3) is 3.13. The van der Waals surface area contributed by atoms with Crippen molar-refractivity contribution in [1.82, 2.24) is 4.98 Å². The largest absolute Gasteiger partial charge is 0.477 e. The maximum atomic E-state index is 12.7. The number of hydrogen-bond acceptors (Lipinski definition) is 5. The number of carbonyl (C=O) groups is 2. The van der Waals surface area contributed by atoms with Gasteiger partial charge in [-0.3, -0.25) is 14.5 Å². The molecule has 0 saturated carbocycles. The molecule has 2 unspecified atom stereocenters. The van der Waals surface area contributed by atoms with Crippen molar-refractivity contribution in [2.24, 2.45) is 0 Å². The van der Waals surface area contributed by atoms with Crippen LogP contribution < -0.4 is 20.7 Å². The van der Waals surface area contributed by atoms with Crippen LogP contribution in [0, 0.1) is 6.92 Å². The maximum Gasteiger partial charge on any atom is 0.269 e. The summed E-state index contributed by atoms with van der Waals surface area (Å²) in [7, 11) is 0. The number of nitrogens with one attached hydrogen (secondary N) is 1. The fourth-order valence-electron chi connectivity index (χ4n) is 2.70. The highest BCUT2D eigenvalue weighted by molar-refractivity contribution is 6.07. The van der Waals surface area contributed by atoms with E-state index in [-0.39, 0.29) is 23.5 Å². The molecule has 2 atom stereocenters. The first kappa shape index (κ1) is 16.8. The van der Waals surface area contributed by atoms with E-state index in [9.17, 15) is 9.59 Å². The molecule has 2 amide bonds. The van der Waals surface area contributed by atoms with Gasteiger partial charge in [0.2, 0.25) is 5.91 Å². The zero-order valence-corrected chi connectivity index (χ0v) is 14.3. The minimum Gasteiger partial charge on any atom is -0.477 e. The van der Waals surface area contributed by atoms with E-state index in [1.165, 1.54) is 4.90 Å². The number of anilines is 3. The minimum atomic E-state index is -0.772. The summed E-state index contributed by atoms with van der Waals surface area (Å²) in [6.45, 7) is 5.19. The van der Waals surface area contributed by atoms with Crippen molar-refractivity contribution < 1.29 is 14.3 Å². The van der Waals surface area contributed by atoms with Crippen molar-refractivity contribution >= 4 is 29.1 Å². The molecule has 25 heavy (non-hydrogen) atoms. The Labute approximate surface area is 145 Å². The number of nitrogen functional groups attached to an aromatic ring is 1. The molecule has 0 aliphatic carbocycles. The quantitative estimate of drug-likeness (QED) is 0.892. The Kier molecular flexibility index (Phi) is 4.31. The second-order valence-corrected chi connectivity index (χ2v) is 6.01. The zero-order valence-electron chi connectivity index (χ0n) is 14.3. The van der Waals surface area contributed by atoms with Gasteiger partial charge < -0.3 is 15.8 Å². The van der Waals surface area contributed by atoms with Crippen LogP contribution in [0.2, 0.25) is 0 Å². The third-order valence-electron chi connectivity index (χ3n) is 4.15. The minimum absolute atomic E-state index is 0.251. The van der Waals surface area contributed by atoms with Crippen molar-refractivity contribution in [1.29, 1.82) is 0 Å². The van der Waals surface area contributed by atoms with Gasteiger partial charge in [-0.05, 0) is 44.5 Å². The molecule has 0 bridgehead atoms. The third-order valence-corrected chi connectivity index (χ3v) is 4.15. The number of aromatic nitrogens is 1. The first-order chi connectivity index (χ1) is 11.9.